The molecule has 22 heavy (non-hydrogen) atoms. The van der Waals surface area contributed by atoms with Gasteiger partial charge in [0.2, 0.25) is 0 Å². The van der Waals surface area contributed by atoms with Crippen molar-refractivity contribution in [2.75, 3.05) is 36.8 Å². The molecule has 1 aliphatic heterocycles. The Bertz CT molecular complexity index is 593. The Morgan fingerprint density at radius 2 is 1.91 bits per heavy atom. The van der Waals surface area contributed by atoms with Crippen molar-refractivity contribution in [3.63, 3.8) is 0 Å². The molecule has 0 aromatic heterocycles. The Hall–Kier alpha value is -2.42. The highest BCUT2D eigenvalue weighted by atomic mass is 16.6. The smallest absolute Gasteiger partial charge is 0.410 e. The summed E-state index contributed by atoms with van der Waals surface area (Å²) in [6.07, 6.45) is -0.272. The minimum absolute atomic E-state index is 0.272. The van der Waals surface area contributed by atoms with Crippen LogP contribution < -0.4 is 10.6 Å². The molecule has 0 spiro atoms. The molecule has 1 heterocycles. The molecule has 0 unspecified atom stereocenters. The molecule has 0 bridgehead atoms. The molecule has 6 nitrogen and oxygen atoms in total. The Balaban J connectivity index is 1.96. The standard InChI is InChI=1S/C16H22N4O2/c1-16(2,3)22-15(21)20-8-6-19(7-9-20)13-5-4-12(11-17)14(18)10-13/h4-5,10H,6-9,18H2,1-3H3. The third-order valence-electron chi connectivity index (χ3n) is 3.45. The number of amides is 1. The number of nitriles is 1. The SMILES string of the molecule is CC(C)(C)OC(=O)N1CCN(c2ccc(C#N)c(N)c2)CC1. The predicted octanol–water partition coefficient (Wildman–Crippen LogP) is 2.20. The zero-order chi connectivity index (χ0) is 16.3. The minimum atomic E-state index is -0.476. The highest BCUT2D eigenvalue weighted by Crippen LogP contribution is 2.22. The Morgan fingerprint density at radius 1 is 1.27 bits per heavy atom. The van der Waals surface area contributed by atoms with Crippen LogP contribution in [0.3, 0.4) is 0 Å². The van der Waals surface area contributed by atoms with Crippen molar-refractivity contribution in [2.24, 2.45) is 0 Å². The summed E-state index contributed by atoms with van der Waals surface area (Å²) in [4.78, 5) is 15.9. The van der Waals surface area contributed by atoms with Gasteiger partial charge in [0.05, 0.1) is 11.3 Å². The van der Waals surface area contributed by atoms with E-state index >= 15 is 0 Å². The van der Waals surface area contributed by atoms with E-state index in [1.165, 1.54) is 0 Å². The quantitative estimate of drug-likeness (QED) is 0.804. The van der Waals surface area contributed by atoms with E-state index in [9.17, 15) is 4.79 Å². The molecule has 118 valence electrons. The molecule has 1 saturated heterocycles. The normalized spacial score (nSPS) is 15.4. The first-order chi connectivity index (χ1) is 10.3. The highest BCUT2D eigenvalue weighted by Gasteiger charge is 2.26. The number of nitrogen functional groups attached to an aromatic ring is 1. The van der Waals surface area contributed by atoms with Crippen molar-refractivity contribution in [2.45, 2.75) is 26.4 Å². The van der Waals surface area contributed by atoms with Gasteiger partial charge in [-0.25, -0.2) is 4.79 Å². The number of rotatable bonds is 1. The lowest BCUT2D eigenvalue weighted by molar-refractivity contribution is 0.0240. The van der Waals surface area contributed by atoms with Gasteiger partial charge in [-0.1, -0.05) is 0 Å². The monoisotopic (exact) mass is 302 g/mol. The largest absolute Gasteiger partial charge is 0.444 e. The van der Waals surface area contributed by atoms with Crippen molar-refractivity contribution in [3.05, 3.63) is 23.8 Å². The number of hydrogen-bond donors (Lipinski definition) is 1. The van der Waals surface area contributed by atoms with Crippen LogP contribution in [-0.2, 0) is 4.74 Å². The van der Waals surface area contributed by atoms with E-state index in [1.54, 1.807) is 11.0 Å². The number of carbonyl (C=O) groups is 1. The fraction of sp³-hybridized carbons (Fsp3) is 0.500. The number of nitrogens with two attached hydrogens (primary N) is 1. The predicted molar refractivity (Wildman–Crippen MR) is 85.6 cm³/mol. The van der Waals surface area contributed by atoms with Crippen LogP contribution in [0.25, 0.3) is 0 Å². The number of benzene rings is 1. The number of nitrogens with zero attached hydrogens (tertiary/aromatic N) is 3. The molecule has 0 radical (unpaired) electrons. The molecular formula is C16H22N4O2. The first-order valence-corrected chi connectivity index (χ1v) is 7.32. The van der Waals surface area contributed by atoms with Crippen LogP contribution in [0.2, 0.25) is 0 Å². The average molecular weight is 302 g/mol. The summed E-state index contributed by atoms with van der Waals surface area (Å²) >= 11 is 0. The van der Waals surface area contributed by atoms with Gasteiger partial charge in [0.1, 0.15) is 11.7 Å². The summed E-state index contributed by atoms with van der Waals surface area (Å²) in [5.74, 6) is 0. The van der Waals surface area contributed by atoms with Crippen molar-refractivity contribution in [3.8, 4) is 6.07 Å². The van der Waals surface area contributed by atoms with Gasteiger partial charge in [0, 0.05) is 31.9 Å². The number of piperazine rings is 1. The lowest BCUT2D eigenvalue weighted by atomic mass is 10.1. The van der Waals surface area contributed by atoms with Gasteiger partial charge in [-0.05, 0) is 39.0 Å². The van der Waals surface area contributed by atoms with E-state index in [-0.39, 0.29) is 6.09 Å². The van der Waals surface area contributed by atoms with Crippen LogP contribution in [0, 0.1) is 11.3 Å². The second-order valence-corrected chi connectivity index (χ2v) is 6.34. The van der Waals surface area contributed by atoms with E-state index in [0.29, 0.717) is 37.4 Å². The molecule has 0 atom stereocenters. The van der Waals surface area contributed by atoms with Crippen molar-refractivity contribution in [1.82, 2.24) is 4.90 Å². The highest BCUT2D eigenvalue weighted by molar-refractivity contribution is 5.69. The van der Waals surface area contributed by atoms with Crippen LogP contribution in [0.15, 0.2) is 18.2 Å². The fourth-order valence-corrected chi connectivity index (χ4v) is 2.32. The molecule has 2 N–H and O–H groups in total. The van der Waals surface area contributed by atoms with E-state index in [2.05, 4.69) is 11.0 Å². The van der Waals surface area contributed by atoms with Gasteiger partial charge in [0.25, 0.3) is 0 Å². The van der Waals surface area contributed by atoms with E-state index in [1.807, 2.05) is 32.9 Å². The molecule has 6 heteroatoms. The summed E-state index contributed by atoms with van der Waals surface area (Å²) in [5.41, 5.74) is 7.31. The second-order valence-electron chi connectivity index (χ2n) is 6.34. The maximum atomic E-state index is 12.0. The summed E-state index contributed by atoms with van der Waals surface area (Å²) in [7, 11) is 0. The van der Waals surface area contributed by atoms with Crippen LogP contribution in [0.4, 0.5) is 16.2 Å². The molecule has 0 saturated carbocycles. The zero-order valence-electron chi connectivity index (χ0n) is 13.3. The molecule has 1 aromatic rings. The third-order valence-corrected chi connectivity index (χ3v) is 3.45. The van der Waals surface area contributed by atoms with Gasteiger partial charge in [0.15, 0.2) is 0 Å². The lowest BCUT2D eigenvalue weighted by Crippen LogP contribution is -2.50. The lowest BCUT2D eigenvalue weighted by Gasteiger charge is -2.36. The number of anilines is 2. The summed E-state index contributed by atoms with van der Waals surface area (Å²) in [6.45, 7) is 8.22. The minimum Gasteiger partial charge on any atom is -0.444 e. The summed E-state index contributed by atoms with van der Waals surface area (Å²) in [5, 5.41) is 8.91. The van der Waals surface area contributed by atoms with E-state index in [4.69, 9.17) is 15.7 Å². The Morgan fingerprint density at radius 3 is 2.41 bits per heavy atom. The van der Waals surface area contributed by atoms with Crippen LogP contribution in [-0.4, -0.2) is 42.8 Å². The summed E-state index contributed by atoms with van der Waals surface area (Å²) < 4.78 is 5.38. The molecule has 1 fully saturated rings. The summed E-state index contributed by atoms with van der Waals surface area (Å²) in [6, 6.07) is 7.48. The van der Waals surface area contributed by atoms with Gasteiger partial charge >= 0.3 is 6.09 Å². The molecule has 1 aliphatic rings. The van der Waals surface area contributed by atoms with Crippen LogP contribution >= 0.6 is 0 Å². The average Bonchev–Trinajstić information content (AvgIpc) is 2.45. The topological polar surface area (TPSA) is 82.6 Å². The number of carbonyl (C=O) groups excluding carboxylic acids is 1. The molecular weight excluding hydrogens is 280 g/mol. The first kappa shape index (κ1) is 16.0. The maximum Gasteiger partial charge on any atom is 0.410 e. The van der Waals surface area contributed by atoms with Gasteiger partial charge < -0.3 is 20.3 Å². The number of hydrogen-bond acceptors (Lipinski definition) is 5. The number of ether oxygens (including phenoxy) is 1. The fourth-order valence-electron chi connectivity index (χ4n) is 2.32. The Labute approximate surface area is 131 Å². The van der Waals surface area contributed by atoms with Crippen molar-refractivity contribution >= 4 is 17.5 Å². The van der Waals surface area contributed by atoms with E-state index in [0.717, 1.165) is 5.69 Å². The third kappa shape index (κ3) is 3.82. The molecule has 1 amide bonds. The van der Waals surface area contributed by atoms with Crippen molar-refractivity contribution < 1.29 is 9.53 Å². The first-order valence-electron chi connectivity index (χ1n) is 7.32. The Kier molecular flexibility index (Phi) is 4.45. The van der Waals surface area contributed by atoms with Gasteiger partial charge in [-0.3, -0.25) is 0 Å². The van der Waals surface area contributed by atoms with E-state index < -0.39 is 5.60 Å². The molecule has 1 aromatic carbocycles. The van der Waals surface area contributed by atoms with Crippen molar-refractivity contribution in [1.29, 1.82) is 5.26 Å². The molecule has 0 aliphatic carbocycles. The molecule has 2 rings (SSSR count). The zero-order valence-corrected chi connectivity index (χ0v) is 13.3. The second kappa shape index (κ2) is 6.14. The van der Waals surface area contributed by atoms with Crippen LogP contribution in [0.1, 0.15) is 26.3 Å². The van der Waals surface area contributed by atoms with Crippen LogP contribution in [0.5, 0.6) is 0 Å². The van der Waals surface area contributed by atoms with Gasteiger partial charge in [-0.2, -0.15) is 5.26 Å². The maximum absolute atomic E-state index is 12.0. The van der Waals surface area contributed by atoms with Gasteiger partial charge in [-0.15, -0.1) is 0 Å².